The molecule has 0 heterocycles. The van der Waals surface area contributed by atoms with Crippen molar-refractivity contribution in [3.05, 3.63) is 11.6 Å². The molecule has 1 unspecified atom stereocenters. The first kappa shape index (κ1) is 16.7. The maximum absolute atomic E-state index is 8.76. The van der Waals surface area contributed by atoms with Crippen molar-refractivity contribution < 1.29 is 5.11 Å². The molecule has 0 aliphatic carbocycles. The van der Waals surface area contributed by atoms with E-state index >= 15 is 0 Å². The number of hydrogen-bond donors (Lipinski definition) is 1. The molecular weight excluding hydrogens is 208 g/mol. The van der Waals surface area contributed by atoms with Gasteiger partial charge in [-0.3, -0.25) is 0 Å². The smallest absolute Gasteiger partial charge is 0.0614 e. The Morgan fingerprint density at radius 1 is 1.00 bits per heavy atom. The Bertz CT molecular complexity index is 194. The second kappa shape index (κ2) is 10.8. The summed E-state index contributed by atoms with van der Waals surface area (Å²) in [5, 5.41) is 8.76. The average molecular weight is 240 g/mol. The summed E-state index contributed by atoms with van der Waals surface area (Å²) in [7, 11) is 0. The Hall–Kier alpha value is -0.300. The van der Waals surface area contributed by atoms with Crippen LogP contribution in [-0.4, -0.2) is 11.7 Å². The lowest BCUT2D eigenvalue weighted by Gasteiger charge is -2.11. The molecule has 1 N–H and O–H groups in total. The first-order chi connectivity index (χ1) is 8.06. The Labute approximate surface area is 108 Å². The first-order valence-electron chi connectivity index (χ1n) is 7.32. The Morgan fingerprint density at radius 2 is 1.59 bits per heavy atom. The second-order valence-corrected chi connectivity index (χ2v) is 5.91. The van der Waals surface area contributed by atoms with Gasteiger partial charge in [0.1, 0.15) is 0 Å². The van der Waals surface area contributed by atoms with E-state index in [1.54, 1.807) is 0 Å². The van der Waals surface area contributed by atoms with Crippen LogP contribution in [0.25, 0.3) is 0 Å². The molecule has 0 saturated carbocycles. The van der Waals surface area contributed by atoms with E-state index in [-0.39, 0.29) is 6.61 Å². The van der Waals surface area contributed by atoms with Crippen molar-refractivity contribution in [2.24, 2.45) is 11.8 Å². The predicted octanol–water partition coefficient (Wildman–Crippen LogP) is 4.95. The highest BCUT2D eigenvalue weighted by atomic mass is 16.2. The average Bonchev–Trinajstić information content (AvgIpc) is 2.24. The standard InChI is InChI=1S/C16H32O/c1-14(2)8-5-6-9-15(3)10-7-11-16(4)12-13-17/h12,14-15,17H,5-11,13H2,1-4H3/b16-12+. The minimum Gasteiger partial charge on any atom is -0.392 e. The van der Waals surface area contributed by atoms with Crippen LogP contribution in [0, 0.1) is 11.8 Å². The molecule has 0 rings (SSSR count). The van der Waals surface area contributed by atoms with Gasteiger partial charge in [-0.25, -0.2) is 0 Å². The monoisotopic (exact) mass is 240 g/mol. The molecule has 1 nitrogen and oxygen atoms in total. The highest BCUT2D eigenvalue weighted by Gasteiger charge is 2.03. The summed E-state index contributed by atoms with van der Waals surface area (Å²) in [6.45, 7) is 9.29. The SMILES string of the molecule is C/C(=C\CO)CCCC(C)CCCCC(C)C. The van der Waals surface area contributed by atoms with Crippen LogP contribution >= 0.6 is 0 Å². The molecule has 0 saturated heterocycles. The van der Waals surface area contributed by atoms with Crippen LogP contribution in [0.5, 0.6) is 0 Å². The van der Waals surface area contributed by atoms with Crippen LogP contribution < -0.4 is 0 Å². The van der Waals surface area contributed by atoms with E-state index in [0.29, 0.717) is 0 Å². The van der Waals surface area contributed by atoms with Gasteiger partial charge in [0.2, 0.25) is 0 Å². The zero-order valence-electron chi connectivity index (χ0n) is 12.3. The molecular formula is C16H32O. The summed E-state index contributed by atoms with van der Waals surface area (Å²) in [6.07, 6.45) is 11.2. The third-order valence-electron chi connectivity index (χ3n) is 3.44. The number of aliphatic hydroxyl groups is 1. The summed E-state index contributed by atoms with van der Waals surface area (Å²) >= 11 is 0. The highest BCUT2D eigenvalue weighted by molar-refractivity contribution is 4.97. The van der Waals surface area contributed by atoms with Crippen molar-refractivity contribution in [3.63, 3.8) is 0 Å². The van der Waals surface area contributed by atoms with Crippen LogP contribution in [0.1, 0.15) is 72.6 Å². The van der Waals surface area contributed by atoms with E-state index in [0.717, 1.165) is 18.3 Å². The molecule has 17 heavy (non-hydrogen) atoms. The van der Waals surface area contributed by atoms with Gasteiger partial charge in [-0.2, -0.15) is 0 Å². The van der Waals surface area contributed by atoms with Crippen molar-refractivity contribution >= 4 is 0 Å². The molecule has 0 amide bonds. The van der Waals surface area contributed by atoms with Crippen molar-refractivity contribution in [2.45, 2.75) is 72.6 Å². The Kier molecular flexibility index (Phi) is 10.6. The van der Waals surface area contributed by atoms with Crippen LogP contribution in [0.2, 0.25) is 0 Å². The molecule has 1 atom stereocenters. The zero-order valence-corrected chi connectivity index (χ0v) is 12.3. The number of unbranched alkanes of at least 4 members (excludes halogenated alkanes) is 1. The molecule has 0 fully saturated rings. The van der Waals surface area contributed by atoms with Crippen LogP contribution in [0.15, 0.2) is 11.6 Å². The molecule has 102 valence electrons. The lowest BCUT2D eigenvalue weighted by Crippen LogP contribution is -1.96. The van der Waals surface area contributed by atoms with Gasteiger partial charge in [0.05, 0.1) is 6.61 Å². The van der Waals surface area contributed by atoms with Crippen molar-refractivity contribution in [3.8, 4) is 0 Å². The molecule has 0 bridgehead atoms. The predicted molar refractivity (Wildman–Crippen MR) is 77.2 cm³/mol. The fourth-order valence-corrected chi connectivity index (χ4v) is 2.18. The van der Waals surface area contributed by atoms with E-state index in [9.17, 15) is 0 Å². The molecule has 1 heteroatoms. The van der Waals surface area contributed by atoms with Gasteiger partial charge >= 0.3 is 0 Å². The van der Waals surface area contributed by atoms with Crippen LogP contribution in [0.3, 0.4) is 0 Å². The number of hydrogen-bond acceptors (Lipinski definition) is 1. The largest absolute Gasteiger partial charge is 0.392 e. The minimum atomic E-state index is 0.191. The van der Waals surface area contributed by atoms with E-state index in [2.05, 4.69) is 27.7 Å². The maximum atomic E-state index is 8.76. The van der Waals surface area contributed by atoms with Crippen LogP contribution in [-0.2, 0) is 0 Å². The third-order valence-corrected chi connectivity index (χ3v) is 3.44. The normalized spacial score (nSPS) is 14.4. The number of aliphatic hydroxyl groups excluding tert-OH is 1. The second-order valence-electron chi connectivity index (χ2n) is 5.91. The molecule has 0 aliphatic heterocycles. The van der Waals surface area contributed by atoms with Crippen molar-refractivity contribution in [2.75, 3.05) is 6.61 Å². The van der Waals surface area contributed by atoms with Gasteiger partial charge in [-0.05, 0) is 31.6 Å². The first-order valence-corrected chi connectivity index (χ1v) is 7.32. The molecule has 0 aliphatic rings. The summed E-state index contributed by atoms with van der Waals surface area (Å²) in [5.41, 5.74) is 1.33. The van der Waals surface area contributed by atoms with E-state index in [1.807, 2.05) is 6.08 Å². The van der Waals surface area contributed by atoms with Gasteiger partial charge in [-0.15, -0.1) is 0 Å². The number of rotatable bonds is 10. The van der Waals surface area contributed by atoms with Crippen molar-refractivity contribution in [1.29, 1.82) is 0 Å². The summed E-state index contributed by atoms with van der Waals surface area (Å²) in [5.74, 6) is 1.72. The lowest BCUT2D eigenvalue weighted by atomic mass is 9.95. The fraction of sp³-hybridized carbons (Fsp3) is 0.875. The van der Waals surface area contributed by atoms with Gasteiger partial charge in [0.25, 0.3) is 0 Å². The van der Waals surface area contributed by atoms with E-state index in [4.69, 9.17) is 5.11 Å². The molecule has 0 aromatic rings. The van der Waals surface area contributed by atoms with Gasteiger partial charge in [0.15, 0.2) is 0 Å². The topological polar surface area (TPSA) is 20.2 Å². The van der Waals surface area contributed by atoms with Crippen LogP contribution in [0.4, 0.5) is 0 Å². The fourth-order valence-electron chi connectivity index (χ4n) is 2.18. The van der Waals surface area contributed by atoms with Gasteiger partial charge in [-0.1, -0.05) is 64.5 Å². The van der Waals surface area contributed by atoms with Gasteiger partial charge in [0, 0.05) is 0 Å². The van der Waals surface area contributed by atoms with Crippen molar-refractivity contribution in [1.82, 2.24) is 0 Å². The lowest BCUT2D eigenvalue weighted by molar-refractivity contribution is 0.341. The molecule has 0 radical (unpaired) electrons. The summed E-state index contributed by atoms with van der Waals surface area (Å²) in [6, 6.07) is 0. The quantitative estimate of drug-likeness (QED) is 0.423. The Morgan fingerprint density at radius 3 is 2.18 bits per heavy atom. The summed E-state index contributed by atoms with van der Waals surface area (Å²) < 4.78 is 0. The molecule has 0 spiro atoms. The zero-order chi connectivity index (χ0) is 13.1. The van der Waals surface area contributed by atoms with Gasteiger partial charge < -0.3 is 5.11 Å². The molecule has 0 aromatic carbocycles. The highest BCUT2D eigenvalue weighted by Crippen LogP contribution is 2.18. The third kappa shape index (κ3) is 12.0. The number of allylic oxidation sites excluding steroid dienone is 1. The summed E-state index contributed by atoms with van der Waals surface area (Å²) in [4.78, 5) is 0. The van der Waals surface area contributed by atoms with E-state index in [1.165, 1.54) is 44.1 Å². The maximum Gasteiger partial charge on any atom is 0.0614 e. The van der Waals surface area contributed by atoms with E-state index < -0.39 is 0 Å². The minimum absolute atomic E-state index is 0.191. The Balaban J connectivity index is 3.40. The molecule has 0 aromatic heterocycles.